The highest BCUT2D eigenvalue weighted by Gasteiger charge is 2.14. The van der Waals surface area contributed by atoms with Crippen molar-refractivity contribution in [2.45, 2.75) is 19.3 Å². The van der Waals surface area contributed by atoms with Crippen LogP contribution in [0.25, 0.3) is 12.2 Å². The predicted octanol–water partition coefficient (Wildman–Crippen LogP) is 4.99. The number of nitrogens with one attached hydrogen (secondary N) is 1. The average molecular weight is 340 g/mol. The van der Waals surface area contributed by atoms with E-state index in [9.17, 15) is 4.79 Å². The summed E-state index contributed by atoms with van der Waals surface area (Å²) in [6.07, 6.45) is 9.11. The van der Waals surface area contributed by atoms with Crippen molar-refractivity contribution in [3.8, 4) is 0 Å². The lowest BCUT2D eigenvalue weighted by Crippen LogP contribution is -2.12. The highest BCUT2D eigenvalue weighted by Crippen LogP contribution is 2.23. The third-order valence-electron chi connectivity index (χ3n) is 4.64. The Labute approximate surface area is 153 Å². The second kappa shape index (κ2) is 7.36. The Morgan fingerprint density at radius 2 is 1.85 bits per heavy atom. The number of hydrogen-bond acceptors (Lipinski definition) is 2. The van der Waals surface area contributed by atoms with Crippen molar-refractivity contribution in [2.75, 3.05) is 5.32 Å². The van der Waals surface area contributed by atoms with Gasteiger partial charge in [-0.15, -0.1) is 0 Å². The van der Waals surface area contributed by atoms with E-state index >= 15 is 0 Å². The summed E-state index contributed by atoms with van der Waals surface area (Å²) in [5.74, 6) is -0.0643. The lowest BCUT2D eigenvalue weighted by Gasteiger charge is -2.08. The first-order valence-electron chi connectivity index (χ1n) is 8.90. The van der Waals surface area contributed by atoms with Crippen LogP contribution in [-0.2, 0) is 12.8 Å². The number of rotatable bonds is 4. The van der Waals surface area contributed by atoms with Gasteiger partial charge in [0, 0.05) is 17.4 Å². The van der Waals surface area contributed by atoms with E-state index in [0.29, 0.717) is 0 Å². The van der Waals surface area contributed by atoms with Gasteiger partial charge in [0.2, 0.25) is 0 Å². The van der Waals surface area contributed by atoms with E-state index in [2.05, 4.69) is 16.4 Å². The number of carbonyl (C=O) groups excluding carboxylic acids is 1. The largest absolute Gasteiger partial charge is 0.322 e. The summed E-state index contributed by atoms with van der Waals surface area (Å²) in [6, 6.07) is 19.7. The molecule has 1 amide bonds. The monoisotopic (exact) mass is 340 g/mol. The minimum absolute atomic E-state index is 0.0643. The molecule has 4 rings (SSSR count). The van der Waals surface area contributed by atoms with Crippen molar-refractivity contribution in [1.29, 1.82) is 0 Å². The maximum absolute atomic E-state index is 12.6. The summed E-state index contributed by atoms with van der Waals surface area (Å²) in [6.45, 7) is 0. The van der Waals surface area contributed by atoms with Gasteiger partial charge in [-0.1, -0.05) is 30.3 Å². The molecule has 2 aromatic carbocycles. The van der Waals surface area contributed by atoms with Crippen LogP contribution in [0.1, 0.15) is 39.2 Å². The third kappa shape index (κ3) is 3.72. The van der Waals surface area contributed by atoms with Gasteiger partial charge in [0.1, 0.15) is 0 Å². The summed E-state index contributed by atoms with van der Waals surface area (Å²) in [5, 5.41) is 3.00. The molecule has 3 nitrogen and oxygen atoms in total. The van der Waals surface area contributed by atoms with E-state index in [1.165, 1.54) is 17.5 Å². The van der Waals surface area contributed by atoms with Crippen molar-refractivity contribution in [3.63, 3.8) is 0 Å². The molecule has 0 radical (unpaired) electrons. The van der Waals surface area contributed by atoms with E-state index < -0.39 is 0 Å². The fourth-order valence-corrected chi connectivity index (χ4v) is 3.29. The molecule has 1 N–H and O–H groups in total. The predicted molar refractivity (Wildman–Crippen MR) is 106 cm³/mol. The lowest BCUT2D eigenvalue weighted by atomic mass is 10.1. The van der Waals surface area contributed by atoms with Crippen molar-refractivity contribution >= 4 is 23.7 Å². The third-order valence-corrected chi connectivity index (χ3v) is 4.64. The van der Waals surface area contributed by atoms with Gasteiger partial charge < -0.3 is 5.32 Å². The number of carbonyl (C=O) groups is 1. The van der Waals surface area contributed by atoms with Gasteiger partial charge in [0.05, 0.1) is 5.69 Å². The highest BCUT2D eigenvalue weighted by atomic mass is 16.1. The first kappa shape index (κ1) is 16.3. The molecule has 26 heavy (non-hydrogen) atoms. The molecule has 0 saturated heterocycles. The van der Waals surface area contributed by atoms with Gasteiger partial charge in [-0.25, -0.2) is 0 Å². The molecule has 0 atom stereocenters. The normalized spacial score (nSPS) is 12.9. The molecule has 128 valence electrons. The fraction of sp³-hybridized carbons (Fsp3) is 0.130. The van der Waals surface area contributed by atoms with Crippen LogP contribution in [0.15, 0.2) is 66.9 Å². The topological polar surface area (TPSA) is 42.0 Å². The summed E-state index contributed by atoms with van der Waals surface area (Å²) >= 11 is 0. The molecule has 0 unspecified atom stereocenters. The molecule has 0 spiro atoms. The minimum atomic E-state index is -0.0643. The second-order valence-corrected chi connectivity index (χ2v) is 6.50. The van der Waals surface area contributed by atoms with Gasteiger partial charge in [-0.2, -0.15) is 0 Å². The molecule has 3 aromatic rings. The van der Waals surface area contributed by atoms with E-state index in [1.54, 1.807) is 6.20 Å². The molecule has 0 bridgehead atoms. The quantitative estimate of drug-likeness (QED) is 0.727. The van der Waals surface area contributed by atoms with Crippen LogP contribution in [0.5, 0.6) is 0 Å². The molecule has 1 aliphatic carbocycles. The van der Waals surface area contributed by atoms with Crippen molar-refractivity contribution in [1.82, 2.24) is 4.98 Å². The van der Waals surface area contributed by atoms with Crippen LogP contribution in [0.2, 0.25) is 0 Å². The van der Waals surface area contributed by atoms with Gasteiger partial charge in [-0.3, -0.25) is 9.78 Å². The Morgan fingerprint density at radius 3 is 2.73 bits per heavy atom. The molecule has 3 heteroatoms. The summed E-state index contributed by atoms with van der Waals surface area (Å²) in [4.78, 5) is 16.8. The van der Waals surface area contributed by atoms with Crippen LogP contribution in [0, 0.1) is 0 Å². The summed E-state index contributed by atoms with van der Waals surface area (Å²) in [7, 11) is 0. The SMILES string of the molecule is O=C(Nc1cccc(C=Cc2ccccn2)c1)c1ccc2c(c1)CCC2. The zero-order chi connectivity index (χ0) is 17.8. The number of anilines is 1. The maximum atomic E-state index is 12.6. The van der Waals surface area contributed by atoms with Crippen LogP contribution >= 0.6 is 0 Å². The smallest absolute Gasteiger partial charge is 0.255 e. The number of aromatic nitrogens is 1. The zero-order valence-electron chi connectivity index (χ0n) is 14.5. The minimum Gasteiger partial charge on any atom is -0.322 e. The van der Waals surface area contributed by atoms with E-state index in [1.807, 2.05) is 66.7 Å². The number of pyridine rings is 1. The Morgan fingerprint density at radius 1 is 0.923 bits per heavy atom. The van der Waals surface area contributed by atoms with Gasteiger partial charge in [-0.05, 0) is 78.4 Å². The summed E-state index contributed by atoms with van der Waals surface area (Å²) in [5.41, 5.74) is 6.12. The zero-order valence-corrected chi connectivity index (χ0v) is 14.5. The second-order valence-electron chi connectivity index (χ2n) is 6.50. The van der Waals surface area contributed by atoms with Crippen molar-refractivity contribution < 1.29 is 4.79 Å². The van der Waals surface area contributed by atoms with Crippen LogP contribution in [0.3, 0.4) is 0 Å². The molecule has 0 aliphatic heterocycles. The number of aryl methyl sites for hydroxylation is 2. The summed E-state index contributed by atoms with van der Waals surface area (Å²) < 4.78 is 0. The Hall–Kier alpha value is -3.20. The van der Waals surface area contributed by atoms with E-state index in [-0.39, 0.29) is 5.91 Å². The standard InChI is InChI=1S/C23H20N2O/c26-23(20-12-11-18-6-4-7-19(18)16-20)25-22-9-3-5-17(15-22)10-13-21-8-1-2-14-24-21/h1-3,5,8-16H,4,6-7H2,(H,25,26). The molecular formula is C23H20N2O. The van der Waals surface area contributed by atoms with Gasteiger partial charge >= 0.3 is 0 Å². The maximum Gasteiger partial charge on any atom is 0.255 e. The molecule has 0 fully saturated rings. The van der Waals surface area contributed by atoms with Gasteiger partial charge in [0.25, 0.3) is 5.91 Å². The molecule has 1 heterocycles. The lowest BCUT2D eigenvalue weighted by molar-refractivity contribution is 0.102. The number of fused-ring (bicyclic) bond motifs is 1. The molecule has 1 aliphatic rings. The average Bonchev–Trinajstić information content (AvgIpc) is 3.15. The van der Waals surface area contributed by atoms with Crippen LogP contribution in [0.4, 0.5) is 5.69 Å². The Balaban J connectivity index is 1.48. The Kier molecular flexibility index (Phi) is 4.61. The number of amides is 1. The van der Waals surface area contributed by atoms with E-state index in [4.69, 9.17) is 0 Å². The number of hydrogen-bond donors (Lipinski definition) is 1. The molecule has 1 aromatic heterocycles. The first-order chi connectivity index (χ1) is 12.8. The van der Waals surface area contributed by atoms with Gasteiger partial charge in [0.15, 0.2) is 0 Å². The molecular weight excluding hydrogens is 320 g/mol. The van der Waals surface area contributed by atoms with Crippen LogP contribution < -0.4 is 5.32 Å². The van der Waals surface area contributed by atoms with Crippen LogP contribution in [-0.4, -0.2) is 10.9 Å². The Bertz CT molecular complexity index is 961. The van der Waals surface area contributed by atoms with Crippen molar-refractivity contribution in [3.05, 3.63) is 94.8 Å². The molecule has 0 saturated carbocycles. The highest BCUT2D eigenvalue weighted by molar-refractivity contribution is 6.04. The number of benzene rings is 2. The van der Waals surface area contributed by atoms with Crippen molar-refractivity contribution in [2.24, 2.45) is 0 Å². The van der Waals surface area contributed by atoms with E-state index in [0.717, 1.165) is 35.3 Å². The fourth-order valence-electron chi connectivity index (χ4n) is 3.29. The first-order valence-corrected chi connectivity index (χ1v) is 8.90. The number of nitrogens with zero attached hydrogens (tertiary/aromatic N) is 1.